The van der Waals surface area contributed by atoms with Gasteiger partial charge in [-0.1, -0.05) is 20.8 Å². The van der Waals surface area contributed by atoms with Gasteiger partial charge in [-0.3, -0.25) is 4.68 Å². The SMILES string of the molecule is Cn1nccc1N1CCC[C@@H](NS(=O)(=O)CC(C)(C)C)C1. The van der Waals surface area contributed by atoms with Crippen LogP contribution >= 0.6 is 0 Å². The molecule has 0 radical (unpaired) electrons. The molecule has 1 fully saturated rings. The molecule has 1 aromatic heterocycles. The monoisotopic (exact) mass is 314 g/mol. The zero-order chi connectivity index (χ0) is 15.7. The van der Waals surface area contributed by atoms with Crippen LogP contribution in [-0.2, 0) is 17.1 Å². The second-order valence-electron chi connectivity index (χ2n) is 7.04. The van der Waals surface area contributed by atoms with E-state index in [1.165, 1.54) is 0 Å². The summed E-state index contributed by atoms with van der Waals surface area (Å²) in [6, 6.07) is 1.94. The Morgan fingerprint density at radius 2 is 2.14 bits per heavy atom. The number of rotatable bonds is 4. The van der Waals surface area contributed by atoms with Crippen LogP contribution in [0.25, 0.3) is 0 Å². The smallest absolute Gasteiger partial charge is 0.212 e. The van der Waals surface area contributed by atoms with Crippen molar-refractivity contribution in [2.24, 2.45) is 12.5 Å². The van der Waals surface area contributed by atoms with Gasteiger partial charge in [0, 0.05) is 32.2 Å². The number of hydrogen-bond acceptors (Lipinski definition) is 4. The highest BCUT2D eigenvalue weighted by atomic mass is 32.2. The maximum Gasteiger partial charge on any atom is 0.212 e. The molecule has 0 saturated carbocycles. The van der Waals surface area contributed by atoms with E-state index >= 15 is 0 Å². The van der Waals surface area contributed by atoms with E-state index in [0.29, 0.717) is 6.54 Å². The average molecular weight is 314 g/mol. The van der Waals surface area contributed by atoms with Gasteiger partial charge < -0.3 is 4.90 Å². The fraction of sp³-hybridized carbons (Fsp3) is 0.786. The number of hydrogen-bond donors (Lipinski definition) is 1. The van der Waals surface area contributed by atoms with Gasteiger partial charge in [0.25, 0.3) is 0 Å². The molecule has 0 spiro atoms. The minimum absolute atomic E-state index is 0.0269. The van der Waals surface area contributed by atoms with Gasteiger partial charge in [0.2, 0.25) is 10.0 Å². The topological polar surface area (TPSA) is 67.2 Å². The van der Waals surface area contributed by atoms with E-state index in [9.17, 15) is 8.42 Å². The lowest BCUT2D eigenvalue weighted by molar-refractivity contribution is 0.436. The molecular formula is C14H26N4O2S. The third-order valence-corrected chi connectivity index (χ3v) is 5.45. The third-order valence-electron chi connectivity index (χ3n) is 3.51. The number of aromatic nitrogens is 2. The molecular weight excluding hydrogens is 288 g/mol. The number of aryl methyl sites for hydroxylation is 1. The van der Waals surface area contributed by atoms with E-state index < -0.39 is 10.0 Å². The van der Waals surface area contributed by atoms with Gasteiger partial charge in [-0.15, -0.1) is 0 Å². The summed E-state index contributed by atoms with van der Waals surface area (Å²) in [7, 11) is -1.33. The first-order valence-electron chi connectivity index (χ1n) is 7.39. The van der Waals surface area contributed by atoms with Crippen molar-refractivity contribution < 1.29 is 8.42 Å². The molecule has 1 aromatic rings. The number of nitrogens with one attached hydrogen (secondary N) is 1. The lowest BCUT2D eigenvalue weighted by atomic mass is 10.0. The molecule has 0 unspecified atom stereocenters. The summed E-state index contributed by atoms with van der Waals surface area (Å²) < 4.78 is 29.1. The summed E-state index contributed by atoms with van der Waals surface area (Å²) in [5, 5.41) is 4.18. The predicted octanol–water partition coefficient (Wildman–Crippen LogP) is 1.35. The maximum atomic E-state index is 12.2. The Bertz CT molecular complexity index is 574. The van der Waals surface area contributed by atoms with E-state index in [2.05, 4.69) is 14.7 Å². The first-order chi connectivity index (χ1) is 9.66. The predicted molar refractivity (Wildman–Crippen MR) is 84.8 cm³/mol. The summed E-state index contributed by atoms with van der Waals surface area (Å²) in [4.78, 5) is 2.20. The summed E-state index contributed by atoms with van der Waals surface area (Å²) in [6.45, 7) is 7.46. The van der Waals surface area contributed by atoms with E-state index in [0.717, 1.165) is 25.2 Å². The summed E-state index contributed by atoms with van der Waals surface area (Å²) in [6.07, 6.45) is 3.63. The van der Waals surface area contributed by atoms with Crippen molar-refractivity contribution in [1.29, 1.82) is 0 Å². The molecule has 1 aliphatic heterocycles. The molecule has 120 valence electrons. The quantitative estimate of drug-likeness (QED) is 0.911. The number of anilines is 1. The van der Waals surface area contributed by atoms with Gasteiger partial charge in [0.1, 0.15) is 5.82 Å². The molecule has 0 aliphatic carbocycles. The zero-order valence-electron chi connectivity index (χ0n) is 13.3. The van der Waals surface area contributed by atoms with E-state index in [4.69, 9.17) is 0 Å². The van der Waals surface area contributed by atoms with Gasteiger partial charge in [-0.25, -0.2) is 13.1 Å². The van der Waals surface area contributed by atoms with Crippen molar-refractivity contribution in [3.05, 3.63) is 12.3 Å². The Kier molecular flexibility index (Phi) is 4.63. The molecule has 1 atom stereocenters. The molecule has 0 bridgehead atoms. The highest BCUT2D eigenvalue weighted by molar-refractivity contribution is 7.89. The van der Waals surface area contributed by atoms with Crippen LogP contribution in [0.5, 0.6) is 0 Å². The molecule has 2 rings (SSSR count). The lowest BCUT2D eigenvalue weighted by Gasteiger charge is -2.34. The number of piperidine rings is 1. The molecule has 2 heterocycles. The van der Waals surface area contributed by atoms with Crippen molar-refractivity contribution >= 4 is 15.8 Å². The lowest BCUT2D eigenvalue weighted by Crippen LogP contribution is -2.49. The van der Waals surface area contributed by atoms with Gasteiger partial charge in [-0.05, 0) is 18.3 Å². The molecule has 0 amide bonds. The zero-order valence-corrected chi connectivity index (χ0v) is 14.2. The van der Waals surface area contributed by atoms with Crippen LogP contribution < -0.4 is 9.62 Å². The number of sulfonamides is 1. The Morgan fingerprint density at radius 1 is 1.43 bits per heavy atom. The van der Waals surface area contributed by atoms with Gasteiger partial charge in [-0.2, -0.15) is 5.10 Å². The molecule has 1 saturated heterocycles. The Labute approximate surface area is 127 Å². The van der Waals surface area contributed by atoms with Crippen molar-refractivity contribution in [1.82, 2.24) is 14.5 Å². The Hall–Kier alpha value is -1.08. The van der Waals surface area contributed by atoms with E-state index in [1.54, 1.807) is 6.20 Å². The Balaban J connectivity index is 2.00. The molecule has 21 heavy (non-hydrogen) atoms. The summed E-state index contributed by atoms with van der Waals surface area (Å²) in [5.74, 6) is 1.19. The first kappa shape index (κ1) is 16.3. The van der Waals surface area contributed by atoms with Gasteiger partial charge in [0.05, 0.1) is 11.9 Å². The standard InChI is InChI=1S/C14H26N4O2S/c1-14(2,3)11-21(19,20)16-12-6-5-9-18(10-12)13-7-8-15-17(13)4/h7-8,12,16H,5-6,9-11H2,1-4H3/t12-/m1/s1. The highest BCUT2D eigenvalue weighted by Crippen LogP contribution is 2.20. The summed E-state index contributed by atoms with van der Waals surface area (Å²) in [5.41, 5.74) is -0.234. The van der Waals surface area contributed by atoms with Crippen LogP contribution in [0.3, 0.4) is 0 Å². The third kappa shape index (κ3) is 4.71. The molecule has 1 aliphatic rings. The normalized spacial score (nSPS) is 20.8. The molecule has 6 nitrogen and oxygen atoms in total. The fourth-order valence-electron chi connectivity index (χ4n) is 2.82. The fourth-order valence-corrected chi connectivity index (χ4v) is 4.75. The van der Waals surface area contributed by atoms with Crippen LogP contribution in [0.1, 0.15) is 33.6 Å². The van der Waals surface area contributed by atoms with Crippen LogP contribution in [0, 0.1) is 5.41 Å². The van der Waals surface area contributed by atoms with E-state index in [-0.39, 0.29) is 17.2 Å². The van der Waals surface area contributed by atoms with Crippen LogP contribution in [-0.4, -0.2) is 43.1 Å². The van der Waals surface area contributed by atoms with Crippen molar-refractivity contribution in [3.63, 3.8) is 0 Å². The summed E-state index contributed by atoms with van der Waals surface area (Å²) >= 11 is 0. The van der Waals surface area contributed by atoms with E-state index in [1.807, 2.05) is 38.6 Å². The van der Waals surface area contributed by atoms with Crippen molar-refractivity contribution in [3.8, 4) is 0 Å². The minimum atomic E-state index is -3.24. The highest BCUT2D eigenvalue weighted by Gasteiger charge is 2.28. The largest absolute Gasteiger partial charge is 0.355 e. The second-order valence-corrected chi connectivity index (χ2v) is 8.79. The average Bonchev–Trinajstić information content (AvgIpc) is 2.71. The van der Waals surface area contributed by atoms with Crippen LogP contribution in [0.2, 0.25) is 0 Å². The van der Waals surface area contributed by atoms with Crippen molar-refractivity contribution in [2.75, 3.05) is 23.7 Å². The maximum absolute atomic E-state index is 12.2. The van der Waals surface area contributed by atoms with Crippen molar-refractivity contribution in [2.45, 2.75) is 39.7 Å². The van der Waals surface area contributed by atoms with Gasteiger partial charge in [0.15, 0.2) is 0 Å². The first-order valence-corrected chi connectivity index (χ1v) is 9.04. The van der Waals surface area contributed by atoms with Crippen LogP contribution in [0.15, 0.2) is 12.3 Å². The Morgan fingerprint density at radius 3 is 2.71 bits per heavy atom. The van der Waals surface area contributed by atoms with Gasteiger partial charge >= 0.3 is 0 Å². The molecule has 7 heteroatoms. The molecule has 1 N–H and O–H groups in total. The minimum Gasteiger partial charge on any atom is -0.355 e. The van der Waals surface area contributed by atoms with Crippen LogP contribution in [0.4, 0.5) is 5.82 Å². The number of nitrogens with zero attached hydrogens (tertiary/aromatic N) is 3. The molecule has 0 aromatic carbocycles. The second kappa shape index (κ2) is 5.96.